The molecule has 0 saturated heterocycles. The van der Waals surface area contributed by atoms with Gasteiger partial charge in [0, 0.05) is 5.56 Å². The largest absolute Gasteiger partial charge is 0.494 e. The third-order valence-corrected chi connectivity index (χ3v) is 2.44. The summed E-state index contributed by atoms with van der Waals surface area (Å²) in [7, 11) is 0. The summed E-state index contributed by atoms with van der Waals surface area (Å²) in [5, 5.41) is 0. The zero-order valence-corrected chi connectivity index (χ0v) is 10.1. The topological polar surface area (TPSA) is 61.3 Å². The Hall–Kier alpha value is -1.81. The maximum atomic E-state index is 5.57. The van der Waals surface area contributed by atoms with Gasteiger partial charge in [0.15, 0.2) is 5.76 Å². The maximum Gasteiger partial charge on any atom is 0.208 e. The summed E-state index contributed by atoms with van der Waals surface area (Å²) in [5.74, 6) is 2.19. The Morgan fingerprint density at radius 3 is 2.53 bits per heavy atom. The lowest BCUT2D eigenvalue weighted by molar-refractivity contribution is 0.340. The Morgan fingerprint density at radius 1 is 1.29 bits per heavy atom. The van der Waals surface area contributed by atoms with E-state index in [2.05, 4.69) is 4.98 Å². The number of benzene rings is 1. The molecule has 1 heterocycles. The third-order valence-electron chi connectivity index (χ3n) is 2.44. The van der Waals surface area contributed by atoms with Crippen molar-refractivity contribution in [2.75, 3.05) is 6.61 Å². The lowest BCUT2D eigenvalue weighted by atomic mass is 10.1. The van der Waals surface area contributed by atoms with Gasteiger partial charge in [-0.3, -0.25) is 0 Å². The normalized spacial score (nSPS) is 10.5. The second kappa shape index (κ2) is 5.01. The van der Waals surface area contributed by atoms with Gasteiger partial charge in [-0.2, -0.15) is 0 Å². The monoisotopic (exact) mass is 232 g/mol. The summed E-state index contributed by atoms with van der Waals surface area (Å²) in [6.07, 6.45) is 0. The highest BCUT2D eigenvalue weighted by Gasteiger charge is 2.10. The minimum absolute atomic E-state index is 0.317. The molecule has 2 N–H and O–H groups in total. The van der Waals surface area contributed by atoms with Crippen molar-refractivity contribution in [3.63, 3.8) is 0 Å². The fourth-order valence-corrected chi connectivity index (χ4v) is 1.68. The van der Waals surface area contributed by atoms with Crippen molar-refractivity contribution in [1.82, 2.24) is 4.98 Å². The van der Waals surface area contributed by atoms with Gasteiger partial charge in [0.2, 0.25) is 5.89 Å². The molecule has 0 aliphatic heterocycles. The molecule has 0 unspecified atom stereocenters. The van der Waals surface area contributed by atoms with Crippen LogP contribution in [0.3, 0.4) is 0 Å². The lowest BCUT2D eigenvalue weighted by Crippen LogP contribution is -1.95. The Balaban J connectivity index is 2.29. The molecule has 0 bridgehead atoms. The number of oxazole rings is 1. The van der Waals surface area contributed by atoms with Crippen molar-refractivity contribution < 1.29 is 9.15 Å². The summed E-state index contributed by atoms with van der Waals surface area (Å²) < 4.78 is 11.0. The molecule has 0 aliphatic carbocycles. The van der Waals surface area contributed by atoms with Gasteiger partial charge < -0.3 is 14.9 Å². The van der Waals surface area contributed by atoms with E-state index >= 15 is 0 Å². The van der Waals surface area contributed by atoms with Crippen LogP contribution in [0.4, 0.5) is 0 Å². The van der Waals surface area contributed by atoms with Gasteiger partial charge in [-0.1, -0.05) is 0 Å². The summed E-state index contributed by atoms with van der Waals surface area (Å²) in [4.78, 5) is 4.24. The minimum Gasteiger partial charge on any atom is -0.494 e. The average molecular weight is 232 g/mol. The lowest BCUT2D eigenvalue weighted by Gasteiger charge is -2.03. The Labute approximate surface area is 100 Å². The van der Waals surface area contributed by atoms with Crippen molar-refractivity contribution in [3.8, 4) is 17.1 Å². The smallest absolute Gasteiger partial charge is 0.208 e. The zero-order chi connectivity index (χ0) is 12.3. The van der Waals surface area contributed by atoms with E-state index in [1.807, 2.05) is 38.1 Å². The predicted molar refractivity (Wildman–Crippen MR) is 65.7 cm³/mol. The molecule has 1 aromatic heterocycles. The molecule has 0 aliphatic rings. The maximum absolute atomic E-state index is 5.57. The molecular formula is C13H16N2O2. The third kappa shape index (κ3) is 2.47. The van der Waals surface area contributed by atoms with E-state index in [0.717, 1.165) is 22.8 Å². The molecule has 0 fully saturated rings. The number of hydrogen-bond donors (Lipinski definition) is 1. The Morgan fingerprint density at radius 2 is 2.00 bits per heavy atom. The van der Waals surface area contributed by atoms with Crippen LogP contribution >= 0.6 is 0 Å². The zero-order valence-electron chi connectivity index (χ0n) is 10.1. The van der Waals surface area contributed by atoms with Crippen LogP contribution in [0.5, 0.6) is 5.75 Å². The number of aryl methyl sites for hydroxylation is 1. The van der Waals surface area contributed by atoms with Crippen molar-refractivity contribution in [2.24, 2.45) is 5.73 Å². The molecule has 0 spiro atoms. The van der Waals surface area contributed by atoms with Crippen LogP contribution < -0.4 is 10.5 Å². The SMILES string of the molecule is CCOc1ccc(-c2oc(CN)nc2C)cc1. The van der Waals surface area contributed by atoms with E-state index in [4.69, 9.17) is 14.9 Å². The molecule has 4 nitrogen and oxygen atoms in total. The standard InChI is InChI=1S/C13H16N2O2/c1-3-16-11-6-4-10(5-7-11)13-9(2)15-12(8-14)17-13/h4-7H,3,8,14H2,1-2H3. The molecule has 90 valence electrons. The molecule has 4 heteroatoms. The number of nitrogens with two attached hydrogens (primary N) is 1. The number of nitrogens with zero attached hydrogens (tertiary/aromatic N) is 1. The van der Waals surface area contributed by atoms with Gasteiger partial charge >= 0.3 is 0 Å². The first-order valence-corrected chi connectivity index (χ1v) is 5.64. The van der Waals surface area contributed by atoms with Gasteiger partial charge in [0.05, 0.1) is 18.8 Å². The molecule has 0 radical (unpaired) electrons. The van der Waals surface area contributed by atoms with Crippen LogP contribution in [0.15, 0.2) is 28.7 Å². The van der Waals surface area contributed by atoms with E-state index in [0.29, 0.717) is 19.0 Å². The van der Waals surface area contributed by atoms with Crippen LogP contribution in [-0.2, 0) is 6.54 Å². The molecule has 17 heavy (non-hydrogen) atoms. The molecule has 1 aromatic carbocycles. The van der Waals surface area contributed by atoms with Crippen LogP contribution in [0.25, 0.3) is 11.3 Å². The van der Waals surface area contributed by atoms with Crippen LogP contribution in [0.1, 0.15) is 18.5 Å². The molecule has 0 amide bonds. The highest BCUT2D eigenvalue weighted by atomic mass is 16.5. The number of rotatable bonds is 4. The summed E-state index contributed by atoms with van der Waals surface area (Å²) in [5.41, 5.74) is 7.34. The second-order valence-electron chi connectivity index (χ2n) is 3.68. The summed E-state index contributed by atoms with van der Waals surface area (Å²) in [6, 6.07) is 7.75. The van der Waals surface area contributed by atoms with Crippen molar-refractivity contribution in [3.05, 3.63) is 35.9 Å². The molecule has 0 atom stereocenters. The van der Waals surface area contributed by atoms with Crippen LogP contribution in [0, 0.1) is 6.92 Å². The number of ether oxygens (including phenoxy) is 1. The molecule has 2 rings (SSSR count). The second-order valence-corrected chi connectivity index (χ2v) is 3.68. The van der Waals surface area contributed by atoms with E-state index in [1.54, 1.807) is 0 Å². The molecule has 2 aromatic rings. The Kier molecular flexibility index (Phi) is 3.44. The van der Waals surface area contributed by atoms with Crippen LogP contribution in [0.2, 0.25) is 0 Å². The van der Waals surface area contributed by atoms with Crippen molar-refractivity contribution in [1.29, 1.82) is 0 Å². The van der Waals surface area contributed by atoms with E-state index in [1.165, 1.54) is 0 Å². The molecule has 0 saturated carbocycles. The van der Waals surface area contributed by atoms with E-state index < -0.39 is 0 Å². The van der Waals surface area contributed by atoms with Gasteiger partial charge in [0.1, 0.15) is 5.75 Å². The first kappa shape index (κ1) is 11.7. The quantitative estimate of drug-likeness (QED) is 0.879. The van der Waals surface area contributed by atoms with Gasteiger partial charge in [-0.05, 0) is 38.1 Å². The number of hydrogen-bond acceptors (Lipinski definition) is 4. The van der Waals surface area contributed by atoms with Crippen molar-refractivity contribution >= 4 is 0 Å². The Bertz CT molecular complexity index is 489. The van der Waals surface area contributed by atoms with Gasteiger partial charge in [0.25, 0.3) is 0 Å². The first-order valence-electron chi connectivity index (χ1n) is 5.64. The highest BCUT2D eigenvalue weighted by molar-refractivity contribution is 5.60. The highest BCUT2D eigenvalue weighted by Crippen LogP contribution is 2.26. The van der Waals surface area contributed by atoms with Crippen LogP contribution in [-0.4, -0.2) is 11.6 Å². The predicted octanol–water partition coefficient (Wildman–Crippen LogP) is 2.51. The average Bonchev–Trinajstić information content (AvgIpc) is 2.72. The summed E-state index contributed by atoms with van der Waals surface area (Å²) >= 11 is 0. The fourth-order valence-electron chi connectivity index (χ4n) is 1.68. The first-order chi connectivity index (χ1) is 8.24. The van der Waals surface area contributed by atoms with Gasteiger partial charge in [-0.25, -0.2) is 4.98 Å². The minimum atomic E-state index is 0.317. The van der Waals surface area contributed by atoms with Crippen molar-refractivity contribution in [2.45, 2.75) is 20.4 Å². The fraction of sp³-hybridized carbons (Fsp3) is 0.308. The number of aromatic nitrogens is 1. The molecular weight excluding hydrogens is 216 g/mol. The summed E-state index contributed by atoms with van der Waals surface area (Å²) in [6.45, 7) is 4.85. The van der Waals surface area contributed by atoms with E-state index in [-0.39, 0.29) is 0 Å². The van der Waals surface area contributed by atoms with E-state index in [9.17, 15) is 0 Å². The van der Waals surface area contributed by atoms with Gasteiger partial charge in [-0.15, -0.1) is 0 Å².